The van der Waals surface area contributed by atoms with Crippen molar-refractivity contribution >= 4 is 22.8 Å². The minimum absolute atomic E-state index is 0.0286. The van der Waals surface area contributed by atoms with E-state index in [0.717, 1.165) is 0 Å². The van der Waals surface area contributed by atoms with Crippen LogP contribution in [0.5, 0.6) is 0 Å². The molecule has 7 nitrogen and oxygen atoms in total. The number of nitrogens with zero attached hydrogens (tertiary/aromatic N) is 2. The van der Waals surface area contributed by atoms with E-state index >= 15 is 0 Å². The summed E-state index contributed by atoms with van der Waals surface area (Å²) < 4.78 is 16.3. The fourth-order valence-electron chi connectivity index (χ4n) is 2.05. The van der Waals surface area contributed by atoms with Gasteiger partial charge in [-0.15, -0.1) is 0 Å². The number of hydrogen-bond acceptors (Lipinski definition) is 4. The van der Waals surface area contributed by atoms with Crippen LogP contribution in [0.4, 0.5) is 4.79 Å². The fourth-order valence-corrected chi connectivity index (χ4v) is 3.10. The normalized spacial score (nSPS) is 26.1. The Kier molecular flexibility index (Phi) is 4.18. The Labute approximate surface area is 107 Å². The molecule has 0 aromatic carbocycles. The van der Waals surface area contributed by atoms with Crippen molar-refractivity contribution in [1.29, 1.82) is 0 Å². The quantitative estimate of drug-likeness (QED) is 0.661. The van der Waals surface area contributed by atoms with Crippen molar-refractivity contribution in [1.82, 2.24) is 9.80 Å². The third-order valence-electron chi connectivity index (χ3n) is 3.11. The van der Waals surface area contributed by atoms with Crippen LogP contribution in [0.3, 0.4) is 0 Å². The van der Waals surface area contributed by atoms with Crippen molar-refractivity contribution in [3.8, 4) is 0 Å². The topological polar surface area (TPSA) is 87.2 Å². The molecule has 0 saturated carbocycles. The standard InChI is InChI=1S/C10H16N2O5S/c13-9(14)8-7-17-4-1-12(8)10(15)11-2-5-18(16)6-3-11/h8H,1-7H2,(H,13,14). The molecule has 2 saturated heterocycles. The van der Waals surface area contributed by atoms with Crippen molar-refractivity contribution in [3.05, 3.63) is 0 Å². The van der Waals surface area contributed by atoms with Gasteiger partial charge in [-0.3, -0.25) is 4.21 Å². The van der Waals surface area contributed by atoms with E-state index in [1.807, 2.05) is 0 Å². The van der Waals surface area contributed by atoms with Gasteiger partial charge in [0.25, 0.3) is 0 Å². The second-order valence-corrected chi connectivity index (χ2v) is 5.94. The second kappa shape index (κ2) is 5.66. The Hall–Kier alpha value is -1.15. The van der Waals surface area contributed by atoms with Gasteiger partial charge in [-0.1, -0.05) is 0 Å². The lowest BCUT2D eigenvalue weighted by Gasteiger charge is -2.37. The van der Waals surface area contributed by atoms with E-state index in [4.69, 9.17) is 9.84 Å². The first-order valence-corrected chi connectivity index (χ1v) is 7.29. The van der Waals surface area contributed by atoms with Crippen molar-refractivity contribution in [2.24, 2.45) is 0 Å². The lowest BCUT2D eigenvalue weighted by atomic mass is 10.2. The maximum absolute atomic E-state index is 12.2. The fraction of sp³-hybridized carbons (Fsp3) is 0.800. The van der Waals surface area contributed by atoms with Gasteiger partial charge in [-0.2, -0.15) is 0 Å². The van der Waals surface area contributed by atoms with Gasteiger partial charge in [0.15, 0.2) is 6.04 Å². The summed E-state index contributed by atoms with van der Waals surface area (Å²) in [5, 5.41) is 9.06. The Morgan fingerprint density at radius 2 is 1.89 bits per heavy atom. The first kappa shape index (κ1) is 13.3. The summed E-state index contributed by atoms with van der Waals surface area (Å²) in [5.74, 6) is -0.120. The van der Waals surface area contributed by atoms with E-state index in [0.29, 0.717) is 31.2 Å². The zero-order valence-corrected chi connectivity index (χ0v) is 10.7. The molecule has 18 heavy (non-hydrogen) atoms. The predicted octanol–water partition coefficient (Wildman–Crippen LogP) is -1.04. The molecule has 2 amide bonds. The minimum atomic E-state index is -1.05. The van der Waals surface area contributed by atoms with Gasteiger partial charge in [-0.25, -0.2) is 9.59 Å². The minimum Gasteiger partial charge on any atom is -0.480 e. The Morgan fingerprint density at radius 1 is 1.22 bits per heavy atom. The van der Waals surface area contributed by atoms with Crippen LogP contribution in [0.1, 0.15) is 0 Å². The van der Waals surface area contributed by atoms with Crippen molar-refractivity contribution in [2.45, 2.75) is 6.04 Å². The molecular formula is C10H16N2O5S. The van der Waals surface area contributed by atoms with Crippen LogP contribution in [0.25, 0.3) is 0 Å². The third kappa shape index (κ3) is 2.81. The van der Waals surface area contributed by atoms with Crippen molar-refractivity contribution in [2.75, 3.05) is 44.4 Å². The average molecular weight is 276 g/mol. The highest BCUT2D eigenvalue weighted by Gasteiger charge is 2.35. The lowest BCUT2D eigenvalue weighted by molar-refractivity contribution is -0.147. The highest BCUT2D eigenvalue weighted by atomic mass is 32.2. The highest BCUT2D eigenvalue weighted by Crippen LogP contribution is 2.12. The van der Waals surface area contributed by atoms with Gasteiger partial charge in [-0.05, 0) is 0 Å². The summed E-state index contributed by atoms with van der Waals surface area (Å²) in [6.07, 6.45) is 0. The molecule has 0 aliphatic carbocycles. The average Bonchev–Trinajstić information content (AvgIpc) is 2.39. The maximum atomic E-state index is 12.2. The largest absolute Gasteiger partial charge is 0.480 e. The van der Waals surface area contributed by atoms with Gasteiger partial charge in [0.2, 0.25) is 0 Å². The molecule has 2 rings (SSSR count). The molecule has 0 aromatic rings. The number of ether oxygens (including phenoxy) is 1. The maximum Gasteiger partial charge on any atom is 0.328 e. The summed E-state index contributed by atoms with van der Waals surface area (Å²) in [6.45, 7) is 1.52. The molecule has 2 fully saturated rings. The van der Waals surface area contributed by atoms with E-state index in [-0.39, 0.29) is 19.2 Å². The molecule has 0 bridgehead atoms. The van der Waals surface area contributed by atoms with E-state index < -0.39 is 22.8 Å². The molecule has 102 valence electrons. The van der Waals surface area contributed by atoms with E-state index in [1.54, 1.807) is 4.90 Å². The zero-order chi connectivity index (χ0) is 13.1. The number of hydrogen-bond donors (Lipinski definition) is 1. The molecule has 0 radical (unpaired) electrons. The van der Waals surface area contributed by atoms with E-state index in [9.17, 15) is 13.8 Å². The van der Waals surface area contributed by atoms with Gasteiger partial charge >= 0.3 is 12.0 Å². The number of amides is 2. The van der Waals surface area contributed by atoms with E-state index in [2.05, 4.69) is 0 Å². The zero-order valence-electron chi connectivity index (χ0n) is 9.91. The van der Waals surface area contributed by atoms with Crippen LogP contribution >= 0.6 is 0 Å². The Bertz CT molecular complexity index is 365. The number of morpholine rings is 1. The molecular weight excluding hydrogens is 260 g/mol. The van der Waals surface area contributed by atoms with Crippen molar-refractivity contribution < 1.29 is 23.6 Å². The SMILES string of the molecule is O=C(O)C1COCCN1C(=O)N1CCS(=O)CC1. The number of carboxylic acids is 1. The van der Waals surface area contributed by atoms with Crippen LogP contribution in [-0.4, -0.2) is 81.5 Å². The van der Waals surface area contributed by atoms with Crippen LogP contribution in [-0.2, 0) is 20.3 Å². The highest BCUT2D eigenvalue weighted by molar-refractivity contribution is 7.85. The summed E-state index contributed by atoms with van der Waals surface area (Å²) >= 11 is 0. The first-order chi connectivity index (χ1) is 8.59. The predicted molar refractivity (Wildman–Crippen MR) is 63.8 cm³/mol. The molecule has 0 aromatic heterocycles. The van der Waals surface area contributed by atoms with Crippen molar-refractivity contribution in [3.63, 3.8) is 0 Å². The molecule has 1 N–H and O–H groups in total. The molecule has 2 heterocycles. The molecule has 1 unspecified atom stereocenters. The summed E-state index contributed by atoms with van der Waals surface area (Å²) in [6, 6.07) is -1.21. The second-order valence-electron chi connectivity index (χ2n) is 4.24. The van der Waals surface area contributed by atoms with Crippen LogP contribution in [0.15, 0.2) is 0 Å². The lowest BCUT2D eigenvalue weighted by Crippen LogP contribution is -2.58. The summed E-state index contributed by atoms with van der Waals surface area (Å²) in [4.78, 5) is 26.2. The first-order valence-electron chi connectivity index (χ1n) is 5.80. The molecule has 2 aliphatic rings. The molecule has 1 atom stereocenters. The molecule has 8 heteroatoms. The summed E-state index contributed by atoms with van der Waals surface area (Å²) in [5.41, 5.74) is 0. The van der Waals surface area contributed by atoms with Gasteiger partial charge in [0.1, 0.15) is 0 Å². The number of carbonyl (C=O) groups is 2. The Morgan fingerprint density at radius 3 is 2.50 bits per heavy atom. The number of carbonyl (C=O) groups excluding carboxylic acids is 1. The monoisotopic (exact) mass is 276 g/mol. The Balaban J connectivity index is 2.02. The van der Waals surface area contributed by atoms with Crippen LogP contribution < -0.4 is 0 Å². The third-order valence-corrected chi connectivity index (χ3v) is 4.38. The van der Waals surface area contributed by atoms with E-state index in [1.165, 1.54) is 4.90 Å². The number of urea groups is 1. The van der Waals surface area contributed by atoms with Gasteiger partial charge in [0, 0.05) is 41.9 Å². The van der Waals surface area contributed by atoms with Crippen LogP contribution in [0.2, 0.25) is 0 Å². The molecule has 2 aliphatic heterocycles. The number of rotatable bonds is 1. The summed E-state index contributed by atoms with van der Waals surface area (Å²) in [7, 11) is -0.853. The number of aliphatic carboxylic acids is 1. The number of carboxylic acid groups (broad SMARTS) is 1. The van der Waals surface area contributed by atoms with Gasteiger partial charge in [0.05, 0.1) is 13.2 Å². The van der Waals surface area contributed by atoms with Gasteiger partial charge < -0.3 is 19.6 Å². The smallest absolute Gasteiger partial charge is 0.328 e. The molecule has 0 spiro atoms. The van der Waals surface area contributed by atoms with Crippen LogP contribution in [0, 0.1) is 0 Å².